The van der Waals surface area contributed by atoms with Gasteiger partial charge in [0.2, 0.25) is 5.91 Å². The van der Waals surface area contributed by atoms with Crippen molar-refractivity contribution >= 4 is 17.5 Å². The molecule has 0 bridgehead atoms. The number of carbonyl (C=O) groups is 1. The van der Waals surface area contributed by atoms with Crippen molar-refractivity contribution in [3.05, 3.63) is 52.0 Å². The number of amides is 1. The molecule has 1 fully saturated rings. The smallest absolute Gasteiger partial charge is 0.227 e. The minimum absolute atomic E-state index is 0.00937. The van der Waals surface area contributed by atoms with Gasteiger partial charge in [-0.15, -0.1) is 0 Å². The van der Waals surface area contributed by atoms with Crippen molar-refractivity contribution in [3.63, 3.8) is 0 Å². The Hall–Kier alpha value is -2.58. The van der Waals surface area contributed by atoms with Gasteiger partial charge in [0.25, 0.3) is 0 Å². The molecule has 1 atom stereocenters. The lowest BCUT2D eigenvalue weighted by atomic mass is 10.0. The van der Waals surface area contributed by atoms with Gasteiger partial charge in [-0.2, -0.15) is 0 Å². The molecule has 9 heteroatoms. The second-order valence-corrected chi connectivity index (χ2v) is 10.3. The minimum atomic E-state index is -0.729. The zero-order valence-electron chi connectivity index (χ0n) is 21.0. The van der Waals surface area contributed by atoms with Crippen LogP contribution >= 0.6 is 11.6 Å². The molecular weight excluding hydrogens is 490 g/mol. The van der Waals surface area contributed by atoms with Gasteiger partial charge in [-0.05, 0) is 42.6 Å². The van der Waals surface area contributed by atoms with Crippen molar-refractivity contribution in [1.82, 2.24) is 9.80 Å². The second kappa shape index (κ2) is 11.6. The van der Waals surface area contributed by atoms with Gasteiger partial charge in [0.15, 0.2) is 23.1 Å². The normalized spacial score (nSPS) is 17.8. The van der Waals surface area contributed by atoms with Crippen LogP contribution < -0.4 is 14.2 Å². The third kappa shape index (κ3) is 6.21. The summed E-state index contributed by atoms with van der Waals surface area (Å²) in [4.78, 5) is 17.5. The molecule has 0 N–H and O–H groups in total. The lowest BCUT2D eigenvalue weighted by molar-refractivity contribution is -0.136. The summed E-state index contributed by atoms with van der Waals surface area (Å²) >= 11 is 6.48. The Kier molecular flexibility index (Phi) is 8.57. The lowest BCUT2D eigenvalue weighted by Crippen LogP contribution is -2.39. The maximum atomic E-state index is 14.3. The highest BCUT2D eigenvalue weighted by Crippen LogP contribution is 2.38. The quantitative estimate of drug-likeness (QED) is 0.471. The van der Waals surface area contributed by atoms with Crippen molar-refractivity contribution in [2.75, 3.05) is 40.0 Å². The molecule has 4 rings (SSSR count). The van der Waals surface area contributed by atoms with Crippen LogP contribution in [0.1, 0.15) is 37.8 Å². The van der Waals surface area contributed by atoms with Gasteiger partial charge in [0.05, 0.1) is 31.3 Å². The minimum Gasteiger partial charge on any atom is -0.494 e. The van der Waals surface area contributed by atoms with Crippen molar-refractivity contribution in [3.8, 4) is 17.2 Å². The van der Waals surface area contributed by atoms with Crippen LogP contribution in [0.2, 0.25) is 5.02 Å². The van der Waals surface area contributed by atoms with Crippen LogP contribution in [0.5, 0.6) is 17.2 Å². The predicted molar refractivity (Wildman–Crippen MR) is 134 cm³/mol. The van der Waals surface area contributed by atoms with Crippen LogP contribution in [0.15, 0.2) is 24.3 Å². The van der Waals surface area contributed by atoms with Gasteiger partial charge in [0, 0.05) is 44.2 Å². The fraction of sp³-hybridized carbons (Fsp3) is 0.519. The molecule has 2 aromatic carbocycles. The van der Waals surface area contributed by atoms with Crippen molar-refractivity contribution in [2.45, 2.75) is 39.8 Å². The molecule has 0 saturated carbocycles. The zero-order valence-corrected chi connectivity index (χ0v) is 21.7. The monoisotopic (exact) mass is 522 g/mol. The topological polar surface area (TPSA) is 51.2 Å². The molecule has 0 aromatic heterocycles. The number of halogens is 3. The maximum absolute atomic E-state index is 14.3. The van der Waals surface area contributed by atoms with Crippen molar-refractivity contribution < 1.29 is 27.8 Å². The van der Waals surface area contributed by atoms with E-state index in [9.17, 15) is 13.6 Å². The number of fused-ring (bicyclic) bond motifs is 1. The standard InChI is InChI=1S/C27H33ClF2N2O4/c1-17(2)13-32(14-18-9-21(28)26-25(10-18)35-7-4-8-36-26)27(33)19-5-6-31(15-19)16-20-11-24(34-3)23(30)12-22(20)29/h9-12,17,19H,4-8,13-16H2,1-3H3/t19-/m1/s1. The number of hydrogen-bond acceptors (Lipinski definition) is 5. The van der Waals surface area contributed by atoms with E-state index >= 15 is 0 Å². The molecule has 6 nitrogen and oxygen atoms in total. The van der Waals surface area contributed by atoms with Gasteiger partial charge in [-0.1, -0.05) is 25.4 Å². The Morgan fingerprint density at radius 1 is 1.19 bits per heavy atom. The molecule has 0 spiro atoms. The first-order chi connectivity index (χ1) is 17.2. The molecule has 1 saturated heterocycles. The first-order valence-electron chi connectivity index (χ1n) is 12.4. The Morgan fingerprint density at radius 2 is 1.97 bits per heavy atom. The Bertz CT molecular complexity index is 1100. The highest BCUT2D eigenvalue weighted by molar-refractivity contribution is 6.32. The highest BCUT2D eigenvalue weighted by atomic mass is 35.5. The molecular formula is C27H33ClF2N2O4. The van der Waals surface area contributed by atoms with Crippen LogP contribution in [-0.2, 0) is 17.9 Å². The zero-order chi connectivity index (χ0) is 25.8. The van der Waals surface area contributed by atoms with E-state index in [4.69, 9.17) is 25.8 Å². The van der Waals surface area contributed by atoms with E-state index in [1.165, 1.54) is 13.2 Å². The molecule has 0 radical (unpaired) electrons. The number of nitrogens with zero attached hydrogens (tertiary/aromatic N) is 2. The van der Waals surface area contributed by atoms with E-state index in [2.05, 4.69) is 13.8 Å². The summed E-state index contributed by atoms with van der Waals surface area (Å²) in [6, 6.07) is 5.97. The number of carbonyl (C=O) groups excluding carboxylic acids is 1. The largest absolute Gasteiger partial charge is 0.494 e. The van der Waals surface area contributed by atoms with E-state index in [1.807, 2.05) is 21.9 Å². The summed E-state index contributed by atoms with van der Waals surface area (Å²) in [6.07, 6.45) is 1.46. The summed E-state index contributed by atoms with van der Waals surface area (Å²) in [5, 5.41) is 0.477. The van der Waals surface area contributed by atoms with E-state index in [1.54, 1.807) is 0 Å². The molecule has 2 aliphatic rings. The summed E-state index contributed by atoms with van der Waals surface area (Å²) < 4.78 is 44.6. The van der Waals surface area contributed by atoms with Crippen LogP contribution in [0.3, 0.4) is 0 Å². The Labute approximate surface area is 216 Å². The van der Waals surface area contributed by atoms with Gasteiger partial charge in [-0.25, -0.2) is 8.78 Å². The molecule has 36 heavy (non-hydrogen) atoms. The van der Waals surface area contributed by atoms with Gasteiger partial charge in [0.1, 0.15) is 5.82 Å². The predicted octanol–water partition coefficient (Wildman–Crippen LogP) is 5.29. The van der Waals surface area contributed by atoms with Crippen molar-refractivity contribution in [1.29, 1.82) is 0 Å². The van der Waals surface area contributed by atoms with Crippen LogP contribution in [0.25, 0.3) is 0 Å². The second-order valence-electron chi connectivity index (χ2n) is 9.87. The molecule has 2 aromatic rings. The average Bonchev–Trinajstić information content (AvgIpc) is 3.16. The van der Waals surface area contributed by atoms with Gasteiger partial charge >= 0.3 is 0 Å². The van der Waals surface area contributed by atoms with Crippen molar-refractivity contribution in [2.24, 2.45) is 11.8 Å². The third-order valence-electron chi connectivity index (χ3n) is 6.47. The molecule has 2 heterocycles. The number of benzene rings is 2. The van der Waals surface area contributed by atoms with Crippen LogP contribution in [0, 0.1) is 23.5 Å². The highest BCUT2D eigenvalue weighted by Gasteiger charge is 2.32. The first-order valence-corrected chi connectivity index (χ1v) is 12.7. The molecule has 2 aliphatic heterocycles. The summed E-state index contributed by atoms with van der Waals surface area (Å²) in [7, 11) is 1.35. The van der Waals surface area contributed by atoms with E-state index in [-0.39, 0.29) is 30.0 Å². The average molecular weight is 523 g/mol. The number of ether oxygens (including phenoxy) is 3. The SMILES string of the molecule is COc1cc(CN2CC[C@@H](C(=O)N(Cc3cc(Cl)c4c(c3)OCCCO4)CC(C)C)C2)c(F)cc1F. The molecule has 0 aliphatic carbocycles. The van der Waals surface area contributed by atoms with E-state index < -0.39 is 11.6 Å². The maximum Gasteiger partial charge on any atom is 0.227 e. The number of hydrogen-bond donors (Lipinski definition) is 0. The van der Waals surface area contributed by atoms with E-state index in [0.717, 1.165) is 18.1 Å². The summed E-state index contributed by atoms with van der Waals surface area (Å²) in [6.45, 7) is 7.72. The fourth-order valence-electron chi connectivity index (χ4n) is 4.79. The summed E-state index contributed by atoms with van der Waals surface area (Å²) in [5.74, 6) is -0.0374. The Balaban J connectivity index is 1.45. The van der Waals surface area contributed by atoms with Gasteiger partial charge in [-0.3, -0.25) is 9.69 Å². The molecule has 196 valence electrons. The molecule has 1 amide bonds. The van der Waals surface area contributed by atoms with Gasteiger partial charge < -0.3 is 19.1 Å². The third-order valence-corrected chi connectivity index (χ3v) is 6.75. The fourth-order valence-corrected chi connectivity index (χ4v) is 5.08. The number of likely N-dealkylation sites (tertiary alicyclic amines) is 1. The summed E-state index contributed by atoms with van der Waals surface area (Å²) in [5.41, 5.74) is 1.23. The lowest BCUT2D eigenvalue weighted by Gasteiger charge is -2.28. The van der Waals surface area contributed by atoms with Crippen LogP contribution in [-0.4, -0.2) is 55.7 Å². The first kappa shape index (κ1) is 26.5. The molecule has 0 unspecified atom stereocenters. The number of rotatable bonds is 8. The van der Waals surface area contributed by atoms with E-state index in [0.29, 0.717) is 67.9 Å². The Morgan fingerprint density at radius 3 is 2.72 bits per heavy atom. The van der Waals surface area contributed by atoms with Crippen LogP contribution in [0.4, 0.5) is 8.78 Å². The number of methoxy groups -OCH3 is 1.